The van der Waals surface area contributed by atoms with Gasteiger partial charge in [0.05, 0.1) is 17.3 Å². The smallest absolute Gasteiger partial charge is 0.291 e. The molecule has 38 heavy (non-hydrogen) atoms. The molecular weight excluding hydrogens is 498 g/mol. The van der Waals surface area contributed by atoms with Crippen LogP contribution in [0.2, 0.25) is 0 Å². The second kappa shape index (κ2) is 9.95. The van der Waals surface area contributed by atoms with E-state index < -0.39 is 0 Å². The van der Waals surface area contributed by atoms with Gasteiger partial charge in [-0.15, -0.1) is 5.10 Å². The van der Waals surface area contributed by atoms with E-state index in [0.29, 0.717) is 15.3 Å². The Morgan fingerprint density at radius 1 is 0.947 bits per heavy atom. The molecule has 3 aromatic heterocycles. The molecule has 6 aromatic rings. The van der Waals surface area contributed by atoms with Crippen molar-refractivity contribution in [3.05, 3.63) is 117 Å². The quantitative estimate of drug-likeness (QED) is 0.309. The van der Waals surface area contributed by atoms with Gasteiger partial charge in [0.2, 0.25) is 4.96 Å². The summed E-state index contributed by atoms with van der Waals surface area (Å²) in [5.41, 5.74) is 4.19. The Morgan fingerprint density at radius 3 is 2.45 bits per heavy atom. The zero-order chi connectivity index (χ0) is 26.1. The van der Waals surface area contributed by atoms with Gasteiger partial charge in [0.15, 0.2) is 5.82 Å². The molecule has 0 fully saturated rings. The van der Waals surface area contributed by atoms with E-state index in [1.807, 2.05) is 103 Å². The van der Waals surface area contributed by atoms with Crippen LogP contribution in [0.15, 0.2) is 89.9 Å². The van der Waals surface area contributed by atoms with Crippen molar-refractivity contribution in [2.24, 2.45) is 0 Å². The van der Waals surface area contributed by atoms with Gasteiger partial charge in [-0.2, -0.15) is 14.6 Å². The number of thiazole rings is 1. The maximum Gasteiger partial charge on any atom is 0.291 e. The Balaban J connectivity index is 1.37. The monoisotopic (exact) mass is 521 g/mol. The van der Waals surface area contributed by atoms with Crippen LogP contribution in [0, 0.1) is 6.92 Å². The number of para-hydroxylation sites is 2. The van der Waals surface area contributed by atoms with Crippen LogP contribution in [0.5, 0.6) is 11.5 Å². The summed E-state index contributed by atoms with van der Waals surface area (Å²) in [5, 5.41) is 9.24. The number of aryl methyl sites for hydroxylation is 1. The van der Waals surface area contributed by atoms with Crippen LogP contribution in [0.4, 0.5) is 0 Å². The van der Waals surface area contributed by atoms with Crippen molar-refractivity contribution in [1.29, 1.82) is 0 Å². The third-order valence-electron chi connectivity index (χ3n) is 6.09. The zero-order valence-corrected chi connectivity index (χ0v) is 21.6. The first-order valence-electron chi connectivity index (χ1n) is 12.0. The second-order valence-corrected chi connectivity index (χ2v) is 9.64. The Hall–Kier alpha value is -4.76. The third kappa shape index (κ3) is 4.55. The molecule has 0 spiro atoms. The molecule has 0 radical (unpaired) electrons. The topological polar surface area (TPSA) is 83.5 Å². The first-order chi connectivity index (χ1) is 18.6. The highest BCUT2D eigenvalue weighted by atomic mass is 32.1. The van der Waals surface area contributed by atoms with Crippen molar-refractivity contribution < 1.29 is 9.47 Å². The van der Waals surface area contributed by atoms with E-state index >= 15 is 0 Å². The number of ether oxygens (including phenoxy) is 2. The Labute approximate surface area is 222 Å². The minimum atomic E-state index is -0.229. The first kappa shape index (κ1) is 23.6. The van der Waals surface area contributed by atoms with Crippen molar-refractivity contribution in [2.75, 3.05) is 7.11 Å². The zero-order valence-electron chi connectivity index (χ0n) is 20.7. The highest BCUT2D eigenvalue weighted by Crippen LogP contribution is 2.26. The van der Waals surface area contributed by atoms with Gasteiger partial charge in [0.25, 0.3) is 5.56 Å². The maximum absolute atomic E-state index is 13.2. The molecule has 0 N–H and O–H groups in total. The molecule has 8 nitrogen and oxygen atoms in total. The van der Waals surface area contributed by atoms with Crippen LogP contribution in [-0.2, 0) is 6.61 Å². The number of hydrogen-bond acceptors (Lipinski definition) is 7. The molecule has 9 heteroatoms. The van der Waals surface area contributed by atoms with Gasteiger partial charge < -0.3 is 9.47 Å². The summed E-state index contributed by atoms with van der Waals surface area (Å²) in [6, 6.07) is 25.3. The van der Waals surface area contributed by atoms with Gasteiger partial charge >= 0.3 is 0 Å². The summed E-state index contributed by atoms with van der Waals surface area (Å²) in [5.74, 6) is 1.99. The molecule has 3 heterocycles. The summed E-state index contributed by atoms with van der Waals surface area (Å²) in [6.07, 6.45) is 3.77. The molecule has 0 aliphatic carbocycles. The molecule has 0 saturated heterocycles. The summed E-state index contributed by atoms with van der Waals surface area (Å²) >= 11 is 1.29. The van der Waals surface area contributed by atoms with E-state index in [2.05, 4.69) is 10.1 Å². The Kier molecular flexibility index (Phi) is 6.19. The molecule has 0 aliphatic rings. The standard InChI is InChI=1S/C29H23N5O3S/c1-19-8-6-7-11-24(19)37-18-26-30-29-34(31-26)28(35)25(38-29)16-21-17-33(22-9-4-3-5-10-22)32-27(21)20-12-14-23(36-2)15-13-20/h3-17H,18H2,1-2H3. The molecule has 0 atom stereocenters. The van der Waals surface area contributed by atoms with Crippen molar-refractivity contribution in [3.8, 4) is 28.4 Å². The largest absolute Gasteiger partial charge is 0.497 e. The van der Waals surface area contributed by atoms with E-state index in [4.69, 9.17) is 14.6 Å². The molecule has 0 saturated carbocycles. The van der Waals surface area contributed by atoms with Gasteiger partial charge in [0, 0.05) is 17.3 Å². The lowest BCUT2D eigenvalue weighted by atomic mass is 10.1. The average molecular weight is 522 g/mol. The normalized spacial score (nSPS) is 11.8. The SMILES string of the molecule is COc1ccc(-c2nn(-c3ccccc3)cc2C=c2sc3nc(COc4ccccc4C)nn3c2=O)cc1. The van der Waals surface area contributed by atoms with Crippen LogP contribution in [-0.4, -0.2) is 31.5 Å². The Bertz CT molecular complexity index is 1840. The van der Waals surface area contributed by atoms with Crippen LogP contribution < -0.4 is 19.6 Å². The maximum atomic E-state index is 13.2. The summed E-state index contributed by atoms with van der Waals surface area (Å²) in [7, 11) is 1.63. The van der Waals surface area contributed by atoms with Crippen LogP contribution in [0.1, 0.15) is 17.0 Å². The predicted molar refractivity (Wildman–Crippen MR) is 147 cm³/mol. The van der Waals surface area contributed by atoms with E-state index in [1.54, 1.807) is 7.11 Å². The van der Waals surface area contributed by atoms with Crippen LogP contribution in [0.3, 0.4) is 0 Å². The molecular formula is C29H23N5O3S. The predicted octanol–water partition coefficient (Wildman–Crippen LogP) is 4.45. The van der Waals surface area contributed by atoms with Gasteiger partial charge in [-0.25, -0.2) is 4.68 Å². The van der Waals surface area contributed by atoms with E-state index in [1.165, 1.54) is 15.9 Å². The fourth-order valence-electron chi connectivity index (χ4n) is 4.12. The lowest BCUT2D eigenvalue weighted by molar-refractivity contribution is 0.294. The number of benzene rings is 3. The molecule has 3 aromatic carbocycles. The van der Waals surface area contributed by atoms with E-state index in [-0.39, 0.29) is 12.2 Å². The van der Waals surface area contributed by atoms with Crippen molar-refractivity contribution in [2.45, 2.75) is 13.5 Å². The Morgan fingerprint density at radius 2 is 1.71 bits per heavy atom. The fraction of sp³-hybridized carbons (Fsp3) is 0.103. The number of fused-ring (bicyclic) bond motifs is 1. The van der Waals surface area contributed by atoms with Crippen LogP contribution in [0.25, 0.3) is 28.0 Å². The lowest BCUT2D eigenvalue weighted by Gasteiger charge is -2.05. The lowest BCUT2D eigenvalue weighted by Crippen LogP contribution is -2.24. The van der Waals surface area contributed by atoms with Gasteiger partial charge in [-0.1, -0.05) is 47.7 Å². The average Bonchev–Trinajstić information content (AvgIpc) is 3.63. The minimum Gasteiger partial charge on any atom is -0.497 e. The molecule has 6 rings (SSSR count). The fourth-order valence-corrected chi connectivity index (χ4v) is 5.03. The molecule has 0 unspecified atom stereocenters. The summed E-state index contributed by atoms with van der Waals surface area (Å²) in [4.78, 5) is 18.3. The van der Waals surface area contributed by atoms with Crippen LogP contribution >= 0.6 is 11.3 Å². The molecule has 0 amide bonds. The van der Waals surface area contributed by atoms with E-state index in [9.17, 15) is 4.79 Å². The number of hydrogen-bond donors (Lipinski definition) is 0. The van der Waals surface area contributed by atoms with Crippen molar-refractivity contribution in [1.82, 2.24) is 24.4 Å². The highest BCUT2D eigenvalue weighted by molar-refractivity contribution is 7.15. The van der Waals surface area contributed by atoms with E-state index in [0.717, 1.165) is 39.6 Å². The highest BCUT2D eigenvalue weighted by Gasteiger charge is 2.15. The number of rotatable bonds is 7. The second-order valence-electron chi connectivity index (χ2n) is 8.63. The third-order valence-corrected chi connectivity index (χ3v) is 7.05. The van der Waals surface area contributed by atoms with Crippen molar-refractivity contribution >= 4 is 22.4 Å². The summed E-state index contributed by atoms with van der Waals surface area (Å²) < 4.78 is 14.8. The molecule has 0 aliphatic heterocycles. The molecule has 0 bridgehead atoms. The number of aromatic nitrogens is 5. The number of nitrogens with zero attached hydrogens (tertiary/aromatic N) is 5. The summed E-state index contributed by atoms with van der Waals surface area (Å²) in [6.45, 7) is 2.16. The number of methoxy groups -OCH3 is 1. The van der Waals surface area contributed by atoms with Gasteiger partial charge in [0.1, 0.15) is 23.8 Å². The molecule has 188 valence electrons. The first-order valence-corrected chi connectivity index (χ1v) is 12.8. The minimum absolute atomic E-state index is 0.184. The van der Waals surface area contributed by atoms with Gasteiger partial charge in [-0.3, -0.25) is 4.79 Å². The van der Waals surface area contributed by atoms with Gasteiger partial charge in [-0.05, 0) is 61.0 Å². The van der Waals surface area contributed by atoms with Crippen molar-refractivity contribution in [3.63, 3.8) is 0 Å².